The Morgan fingerprint density at radius 1 is 1.00 bits per heavy atom. The number of amides is 1. The smallest absolute Gasteiger partial charge is 0.256 e. The third-order valence-corrected chi connectivity index (χ3v) is 5.39. The Morgan fingerprint density at radius 2 is 1.86 bits per heavy atom. The monoisotopic (exact) mass is 383 g/mol. The average Bonchev–Trinajstić information content (AvgIpc) is 3.20. The summed E-state index contributed by atoms with van der Waals surface area (Å²) < 4.78 is 5.97. The Balaban J connectivity index is 1.33. The number of rotatable bonds is 4. The molecule has 1 aliphatic heterocycles. The van der Waals surface area contributed by atoms with E-state index in [1.165, 1.54) is 5.56 Å². The van der Waals surface area contributed by atoms with Crippen molar-refractivity contribution >= 4 is 16.8 Å². The second kappa shape index (κ2) is 7.51. The second-order valence-electron chi connectivity index (χ2n) is 7.32. The van der Waals surface area contributed by atoms with Gasteiger partial charge >= 0.3 is 0 Å². The van der Waals surface area contributed by atoms with Crippen LogP contribution in [0.5, 0.6) is 0 Å². The fraction of sp³-hybridized carbons (Fsp3) is 0.208. The Labute approximate surface area is 169 Å². The number of benzene rings is 2. The first-order chi connectivity index (χ1) is 14.3. The first-order valence-corrected chi connectivity index (χ1v) is 9.92. The van der Waals surface area contributed by atoms with Crippen molar-refractivity contribution in [1.29, 1.82) is 0 Å². The minimum Gasteiger partial charge on any atom is -0.445 e. The van der Waals surface area contributed by atoms with Crippen LogP contribution in [-0.4, -0.2) is 27.3 Å². The second-order valence-corrected chi connectivity index (χ2v) is 7.32. The van der Waals surface area contributed by atoms with Gasteiger partial charge in [-0.2, -0.15) is 0 Å². The summed E-state index contributed by atoms with van der Waals surface area (Å²) in [6.45, 7) is 1.11. The molecular weight excluding hydrogens is 362 g/mol. The van der Waals surface area contributed by atoms with Crippen molar-refractivity contribution in [1.82, 2.24) is 14.9 Å². The van der Waals surface area contributed by atoms with Crippen molar-refractivity contribution in [2.45, 2.75) is 25.8 Å². The molecule has 3 heterocycles. The van der Waals surface area contributed by atoms with E-state index in [0.29, 0.717) is 25.1 Å². The SMILES string of the molecule is O=C(c1cccc2cccnc12)N1CCc2oc(CCc3ccccc3)nc2C1. The summed E-state index contributed by atoms with van der Waals surface area (Å²) in [6, 6.07) is 19.9. The minimum atomic E-state index is -0.00575. The lowest BCUT2D eigenvalue weighted by atomic mass is 10.1. The molecule has 0 spiro atoms. The van der Waals surface area contributed by atoms with Gasteiger partial charge in [0.1, 0.15) is 11.5 Å². The average molecular weight is 383 g/mol. The first kappa shape index (κ1) is 17.6. The van der Waals surface area contributed by atoms with Crippen molar-refractivity contribution in [2.75, 3.05) is 6.54 Å². The maximum atomic E-state index is 13.2. The van der Waals surface area contributed by atoms with Gasteiger partial charge in [0.25, 0.3) is 5.91 Å². The Bertz CT molecular complexity index is 1160. The van der Waals surface area contributed by atoms with Gasteiger partial charge in [0.15, 0.2) is 5.89 Å². The molecule has 0 N–H and O–H groups in total. The number of oxazole rings is 1. The van der Waals surface area contributed by atoms with Crippen LogP contribution >= 0.6 is 0 Å². The zero-order valence-corrected chi connectivity index (χ0v) is 16.0. The normalized spacial score (nSPS) is 13.4. The molecule has 0 bridgehead atoms. The molecule has 144 valence electrons. The van der Waals surface area contributed by atoms with Gasteiger partial charge in [0.2, 0.25) is 0 Å². The lowest BCUT2D eigenvalue weighted by Crippen LogP contribution is -2.36. The summed E-state index contributed by atoms with van der Waals surface area (Å²) in [5.41, 5.74) is 3.53. The van der Waals surface area contributed by atoms with Crippen LogP contribution in [0, 0.1) is 0 Å². The third kappa shape index (κ3) is 3.51. The number of hydrogen-bond acceptors (Lipinski definition) is 4. The van der Waals surface area contributed by atoms with Gasteiger partial charge in [-0.3, -0.25) is 9.78 Å². The van der Waals surface area contributed by atoms with E-state index in [2.05, 4.69) is 22.1 Å². The number of aryl methyl sites for hydroxylation is 2. The predicted octanol–water partition coefficient (Wildman–Crippen LogP) is 4.21. The van der Waals surface area contributed by atoms with E-state index in [0.717, 1.165) is 41.1 Å². The van der Waals surface area contributed by atoms with Crippen molar-refractivity contribution in [2.24, 2.45) is 0 Å². The highest BCUT2D eigenvalue weighted by atomic mass is 16.4. The number of carbonyl (C=O) groups is 1. The van der Waals surface area contributed by atoms with E-state index in [1.807, 2.05) is 53.4 Å². The summed E-state index contributed by atoms with van der Waals surface area (Å²) in [5.74, 6) is 1.65. The Hall–Kier alpha value is -3.47. The van der Waals surface area contributed by atoms with Crippen molar-refractivity contribution in [3.05, 3.63) is 95.3 Å². The number of hydrogen-bond donors (Lipinski definition) is 0. The van der Waals surface area contributed by atoms with Crippen LogP contribution in [0.15, 0.2) is 71.3 Å². The highest BCUT2D eigenvalue weighted by Gasteiger charge is 2.27. The van der Waals surface area contributed by atoms with Gasteiger partial charge in [-0.1, -0.05) is 48.5 Å². The number of carbonyl (C=O) groups excluding carboxylic acids is 1. The lowest BCUT2D eigenvalue weighted by Gasteiger charge is -2.25. The molecule has 1 aliphatic rings. The number of fused-ring (bicyclic) bond motifs is 2. The van der Waals surface area contributed by atoms with Gasteiger partial charge in [0.05, 0.1) is 17.6 Å². The molecule has 0 saturated heterocycles. The minimum absolute atomic E-state index is 0.00575. The maximum Gasteiger partial charge on any atom is 0.256 e. The number of para-hydroxylation sites is 1. The van der Waals surface area contributed by atoms with E-state index in [9.17, 15) is 4.79 Å². The molecule has 5 heteroatoms. The summed E-state index contributed by atoms with van der Waals surface area (Å²) in [6.07, 6.45) is 4.07. The van der Waals surface area contributed by atoms with Gasteiger partial charge in [-0.15, -0.1) is 0 Å². The molecule has 1 amide bonds. The molecule has 4 aromatic rings. The molecule has 5 nitrogen and oxygen atoms in total. The fourth-order valence-electron chi connectivity index (χ4n) is 3.88. The van der Waals surface area contributed by atoms with E-state index in [-0.39, 0.29) is 5.91 Å². The quantitative estimate of drug-likeness (QED) is 0.530. The van der Waals surface area contributed by atoms with Crippen molar-refractivity contribution < 1.29 is 9.21 Å². The Morgan fingerprint density at radius 3 is 2.76 bits per heavy atom. The number of nitrogens with zero attached hydrogens (tertiary/aromatic N) is 3. The topological polar surface area (TPSA) is 59.2 Å². The molecule has 0 atom stereocenters. The van der Waals surface area contributed by atoms with Gasteiger partial charge in [-0.25, -0.2) is 4.98 Å². The lowest BCUT2D eigenvalue weighted by molar-refractivity contribution is 0.0729. The summed E-state index contributed by atoms with van der Waals surface area (Å²) in [7, 11) is 0. The number of aromatic nitrogens is 2. The van der Waals surface area contributed by atoms with Crippen LogP contribution < -0.4 is 0 Å². The van der Waals surface area contributed by atoms with Crippen LogP contribution in [0.1, 0.15) is 33.3 Å². The molecule has 2 aromatic carbocycles. The molecule has 5 rings (SSSR count). The highest BCUT2D eigenvalue weighted by Crippen LogP contribution is 2.24. The first-order valence-electron chi connectivity index (χ1n) is 9.92. The zero-order valence-electron chi connectivity index (χ0n) is 16.0. The highest BCUT2D eigenvalue weighted by molar-refractivity contribution is 6.05. The maximum absolute atomic E-state index is 13.2. The van der Waals surface area contributed by atoms with E-state index >= 15 is 0 Å². The molecular formula is C24H21N3O2. The summed E-state index contributed by atoms with van der Waals surface area (Å²) >= 11 is 0. The van der Waals surface area contributed by atoms with Crippen LogP contribution in [0.4, 0.5) is 0 Å². The number of pyridine rings is 1. The largest absolute Gasteiger partial charge is 0.445 e. The van der Waals surface area contributed by atoms with Gasteiger partial charge < -0.3 is 9.32 Å². The molecule has 0 radical (unpaired) electrons. The van der Waals surface area contributed by atoms with Crippen molar-refractivity contribution in [3.8, 4) is 0 Å². The summed E-state index contributed by atoms with van der Waals surface area (Å²) in [5, 5.41) is 0.973. The van der Waals surface area contributed by atoms with Gasteiger partial charge in [0, 0.05) is 31.0 Å². The third-order valence-electron chi connectivity index (χ3n) is 5.39. The molecule has 0 fully saturated rings. The molecule has 0 saturated carbocycles. The van der Waals surface area contributed by atoms with Crippen molar-refractivity contribution in [3.63, 3.8) is 0 Å². The predicted molar refractivity (Wildman–Crippen MR) is 111 cm³/mol. The standard InChI is InChI=1S/C24H21N3O2/c28-24(19-10-4-8-18-9-5-14-25-23(18)19)27-15-13-21-20(16-27)26-22(29-21)12-11-17-6-2-1-3-7-17/h1-10,14H,11-13,15-16H2. The fourth-order valence-corrected chi connectivity index (χ4v) is 3.88. The van der Waals surface area contributed by atoms with Gasteiger partial charge in [-0.05, 0) is 24.1 Å². The van der Waals surface area contributed by atoms with Crippen LogP contribution in [0.2, 0.25) is 0 Å². The molecule has 0 aliphatic carbocycles. The summed E-state index contributed by atoms with van der Waals surface area (Å²) in [4.78, 5) is 24.1. The molecule has 0 unspecified atom stereocenters. The van der Waals surface area contributed by atoms with E-state index in [1.54, 1.807) is 6.20 Å². The van der Waals surface area contributed by atoms with Crippen LogP contribution in [0.3, 0.4) is 0 Å². The van der Waals surface area contributed by atoms with E-state index in [4.69, 9.17) is 4.42 Å². The zero-order chi connectivity index (χ0) is 19.6. The Kier molecular flexibility index (Phi) is 4.56. The molecule has 2 aromatic heterocycles. The van der Waals surface area contributed by atoms with E-state index < -0.39 is 0 Å². The van der Waals surface area contributed by atoms with Crippen LogP contribution in [0.25, 0.3) is 10.9 Å². The van der Waals surface area contributed by atoms with Crippen LogP contribution in [-0.2, 0) is 25.8 Å². The molecule has 29 heavy (non-hydrogen) atoms.